The number of rotatable bonds is 12. The van der Waals surface area contributed by atoms with Crippen LogP contribution in [-0.2, 0) is 19.6 Å². The third-order valence-electron chi connectivity index (χ3n) is 6.18. The fourth-order valence-corrected chi connectivity index (χ4v) is 4.26. The smallest absolute Gasteiger partial charge is 0.228 e. The van der Waals surface area contributed by atoms with Gasteiger partial charge in [-0.15, -0.1) is 0 Å². The van der Waals surface area contributed by atoms with Crippen LogP contribution in [-0.4, -0.2) is 17.0 Å². The molecule has 0 aliphatic heterocycles. The van der Waals surface area contributed by atoms with Gasteiger partial charge in [0.1, 0.15) is 0 Å². The van der Waals surface area contributed by atoms with Gasteiger partial charge in [-0.3, -0.25) is 0 Å². The van der Waals surface area contributed by atoms with Crippen molar-refractivity contribution in [1.82, 2.24) is 0 Å². The van der Waals surface area contributed by atoms with Crippen LogP contribution in [0.2, 0.25) is 0 Å². The molecule has 0 radical (unpaired) electrons. The second kappa shape index (κ2) is 9.76. The summed E-state index contributed by atoms with van der Waals surface area (Å²) in [6, 6.07) is 0. The molecule has 168 valence electrons. The van der Waals surface area contributed by atoms with Crippen molar-refractivity contribution >= 4 is 0 Å². The third-order valence-corrected chi connectivity index (χ3v) is 6.18. The van der Waals surface area contributed by atoms with Crippen LogP contribution in [0.3, 0.4) is 0 Å². The van der Waals surface area contributed by atoms with E-state index in [1.54, 1.807) is 0 Å². The average Bonchev–Trinajstić information content (AvgIpc) is 2.58. The summed E-state index contributed by atoms with van der Waals surface area (Å²) in [4.78, 5) is 24.0. The van der Waals surface area contributed by atoms with Crippen molar-refractivity contribution in [1.29, 1.82) is 0 Å². The first-order chi connectivity index (χ1) is 12.7. The average molecular weight is 401 g/mol. The van der Waals surface area contributed by atoms with E-state index in [0.29, 0.717) is 0 Å². The Hall–Kier alpha value is -0.160. The zero-order chi connectivity index (χ0) is 21.7. The molecule has 0 saturated heterocycles. The molecule has 1 fully saturated rings. The van der Waals surface area contributed by atoms with Gasteiger partial charge in [0.25, 0.3) is 0 Å². The summed E-state index contributed by atoms with van der Waals surface area (Å²) in [5.41, 5.74) is -0.352. The molecule has 1 aliphatic carbocycles. The molecule has 0 aromatic heterocycles. The quantitative estimate of drug-likeness (QED) is 0.191. The van der Waals surface area contributed by atoms with Crippen molar-refractivity contribution in [2.75, 3.05) is 0 Å². The first kappa shape index (κ1) is 25.9. The lowest BCUT2D eigenvalue weighted by Crippen LogP contribution is -2.44. The molecule has 0 N–H and O–H groups in total. The van der Waals surface area contributed by atoms with Crippen LogP contribution in [0.1, 0.15) is 127 Å². The van der Waals surface area contributed by atoms with E-state index >= 15 is 0 Å². The molecular weight excluding hydrogens is 352 g/mol. The highest BCUT2D eigenvalue weighted by Gasteiger charge is 2.42. The molecule has 4 nitrogen and oxygen atoms in total. The van der Waals surface area contributed by atoms with Crippen molar-refractivity contribution < 1.29 is 19.6 Å². The van der Waals surface area contributed by atoms with E-state index in [-0.39, 0.29) is 22.0 Å². The topological polar surface area (TPSA) is 36.9 Å². The lowest BCUT2D eigenvalue weighted by molar-refractivity contribution is -0.549. The van der Waals surface area contributed by atoms with Crippen LogP contribution in [0.25, 0.3) is 0 Å². The Morgan fingerprint density at radius 2 is 0.964 bits per heavy atom. The molecular formula is C24H48O4. The van der Waals surface area contributed by atoms with Crippen LogP contribution in [0.5, 0.6) is 0 Å². The summed E-state index contributed by atoms with van der Waals surface area (Å²) >= 11 is 0. The summed E-state index contributed by atoms with van der Waals surface area (Å²) in [5.74, 6) is -0.806. The Bertz CT molecular complexity index is 423. The second-order valence-electron chi connectivity index (χ2n) is 11.7. The summed E-state index contributed by atoms with van der Waals surface area (Å²) in [6.45, 7) is 21.9. The SMILES string of the molecule is CCC(C)(C)CC(C)(C)OOC1(OOC(C)(C)CC(C)(C)CC)CCCCC1. The normalized spacial score (nSPS) is 19.1. The van der Waals surface area contributed by atoms with Gasteiger partial charge in [0.2, 0.25) is 5.79 Å². The van der Waals surface area contributed by atoms with E-state index in [1.165, 1.54) is 6.42 Å². The van der Waals surface area contributed by atoms with Crippen molar-refractivity contribution in [3.63, 3.8) is 0 Å². The van der Waals surface area contributed by atoms with Crippen molar-refractivity contribution in [2.24, 2.45) is 10.8 Å². The maximum atomic E-state index is 6.03. The van der Waals surface area contributed by atoms with Crippen LogP contribution in [0.4, 0.5) is 0 Å². The molecule has 28 heavy (non-hydrogen) atoms. The van der Waals surface area contributed by atoms with Gasteiger partial charge in [0.05, 0.1) is 11.2 Å². The van der Waals surface area contributed by atoms with E-state index < -0.39 is 5.79 Å². The minimum atomic E-state index is -0.806. The molecule has 0 aromatic carbocycles. The maximum Gasteiger partial charge on any atom is 0.234 e. The van der Waals surface area contributed by atoms with E-state index in [4.69, 9.17) is 19.6 Å². The fourth-order valence-electron chi connectivity index (χ4n) is 4.26. The molecule has 4 heteroatoms. The zero-order valence-electron chi connectivity index (χ0n) is 20.5. The molecule has 0 aromatic rings. The molecule has 0 heterocycles. The van der Waals surface area contributed by atoms with E-state index in [9.17, 15) is 0 Å². The van der Waals surface area contributed by atoms with Gasteiger partial charge in [-0.1, -0.05) is 60.8 Å². The van der Waals surface area contributed by atoms with Gasteiger partial charge < -0.3 is 0 Å². The summed E-state index contributed by atoms with van der Waals surface area (Å²) < 4.78 is 0. The predicted molar refractivity (Wildman–Crippen MR) is 116 cm³/mol. The summed E-state index contributed by atoms with van der Waals surface area (Å²) in [5, 5.41) is 0. The lowest BCUT2D eigenvalue weighted by Gasteiger charge is -2.41. The number of hydrogen-bond donors (Lipinski definition) is 0. The minimum Gasteiger partial charge on any atom is -0.228 e. The first-order valence-electron chi connectivity index (χ1n) is 11.4. The highest BCUT2D eigenvalue weighted by atomic mass is 17.3. The first-order valence-corrected chi connectivity index (χ1v) is 11.4. The van der Waals surface area contributed by atoms with E-state index in [2.05, 4.69) is 69.2 Å². The standard InChI is InChI=1S/C24H48O4/c1-11-20(3,4)18-22(7,8)25-27-24(16-14-13-15-17-24)28-26-23(9,10)19-21(5,6)12-2/h11-19H2,1-10H3. The monoisotopic (exact) mass is 400 g/mol. The fraction of sp³-hybridized carbons (Fsp3) is 1.00. The van der Waals surface area contributed by atoms with Crippen LogP contribution < -0.4 is 0 Å². The summed E-state index contributed by atoms with van der Waals surface area (Å²) in [7, 11) is 0. The second-order valence-corrected chi connectivity index (χ2v) is 11.7. The molecule has 1 rings (SSSR count). The molecule has 0 unspecified atom stereocenters. The molecule has 0 bridgehead atoms. The van der Waals surface area contributed by atoms with Gasteiger partial charge in [-0.25, -0.2) is 9.78 Å². The van der Waals surface area contributed by atoms with Gasteiger partial charge in [-0.05, 0) is 64.2 Å². The largest absolute Gasteiger partial charge is 0.234 e. The Kier molecular flexibility index (Phi) is 9.02. The number of hydrogen-bond acceptors (Lipinski definition) is 4. The molecule has 1 saturated carbocycles. The molecule has 0 amide bonds. The molecule has 0 atom stereocenters. The molecule has 0 spiro atoms. The minimum absolute atomic E-state index is 0.206. The van der Waals surface area contributed by atoms with Crippen LogP contribution in [0.15, 0.2) is 0 Å². The highest BCUT2D eigenvalue weighted by Crippen LogP contribution is 2.40. The Morgan fingerprint density at radius 1 is 0.607 bits per heavy atom. The van der Waals surface area contributed by atoms with Crippen molar-refractivity contribution in [3.8, 4) is 0 Å². The van der Waals surface area contributed by atoms with Crippen molar-refractivity contribution in [2.45, 2.75) is 144 Å². The van der Waals surface area contributed by atoms with Gasteiger partial charge in [0, 0.05) is 12.8 Å². The zero-order valence-corrected chi connectivity index (χ0v) is 20.5. The van der Waals surface area contributed by atoms with Crippen LogP contribution >= 0.6 is 0 Å². The Balaban J connectivity index is 2.75. The van der Waals surface area contributed by atoms with Crippen molar-refractivity contribution in [3.05, 3.63) is 0 Å². The lowest BCUT2D eigenvalue weighted by atomic mass is 9.80. The predicted octanol–water partition coefficient (Wildman–Crippen LogP) is 7.75. The van der Waals surface area contributed by atoms with E-state index in [0.717, 1.165) is 51.4 Å². The van der Waals surface area contributed by atoms with Gasteiger partial charge in [-0.2, -0.15) is 9.78 Å². The van der Waals surface area contributed by atoms with Crippen LogP contribution in [0, 0.1) is 10.8 Å². The summed E-state index contributed by atoms with van der Waals surface area (Å²) in [6.07, 6.45) is 8.97. The van der Waals surface area contributed by atoms with Gasteiger partial charge >= 0.3 is 0 Å². The Labute approximate surface area is 174 Å². The highest BCUT2D eigenvalue weighted by molar-refractivity contribution is 4.81. The van der Waals surface area contributed by atoms with Gasteiger partial charge in [0.15, 0.2) is 0 Å². The maximum absolute atomic E-state index is 6.03. The van der Waals surface area contributed by atoms with E-state index in [1.807, 2.05) is 0 Å². The Morgan fingerprint density at radius 3 is 1.29 bits per heavy atom. The third kappa shape index (κ3) is 9.11. The molecule has 1 aliphatic rings.